The van der Waals surface area contributed by atoms with E-state index < -0.39 is 0 Å². The summed E-state index contributed by atoms with van der Waals surface area (Å²) in [6, 6.07) is 23.2. The van der Waals surface area contributed by atoms with Gasteiger partial charge in [0, 0.05) is 11.8 Å². The lowest BCUT2D eigenvalue weighted by molar-refractivity contribution is 1.10. The maximum absolute atomic E-state index is 9.25. The van der Waals surface area contributed by atoms with E-state index in [9.17, 15) is 5.26 Å². The molecular weight excluding hydrogens is 322 g/mol. The van der Waals surface area contributed by atoms with Gasteiger partial charge in [0.15, 0.2) is 5.82 Å². The van der Waals surface area contributed by atoms with E-state index in [-0.39, 0.29) is 0 Å². The van der Waals surface area contributed by atoms with E-state index in [1.165, 1.54) is 0 Å². The molecule has 2 aromatic carbocycles. The number of nitrogens with zero attached hydrogens (tertiary/aromatic N) is 5. The summed E-state index contributed by atoms with van der Waals surface area (Å²) >= 11 is 0. The summed E-state index contributed by atoms with van der Waals surface area (Å²) in [4.78, 5) is 4.78. The van der Waals surface area contributed by atoms with Gasteiger partial charge in [0.25, 0.3) is 0 Å². The highest BCUT2D eigenvalue weighted by atomic mass is 15.2. The molecule has 5 heteroatoms. The number of fused-ring (bicyclic) bond motifs is 1. The zero-order valence-corrected chi connectivity index (χ0v) is 14.2. The number of hydrogen-bond donors (Lipinski definition) is 0. The molecular formula is C21H15N5. The molecule has 0 spiro atoms. The van der Waals surface area contributed by atoms with Gasteiger partial charge in [-0.1, -0.05) is 48.5 Å². The first kappa shape index (κ1) is 15.7. The van der Waals surface area contributed by atoms with E-state index in [1.54, 1.807) is 12.1 Å². The second-order valence-corrected chi connectivity index (χ2v) is 5.86. The predicted octanol–water partition coefficient (Wildman–Crippen LogP) is 5.60. The summed E-state index contributed by atoms with van der Waals surface area (Å²) < 4.78 is 1.93. The Morgan fingerprint density at radius 2 is 1.69 bits per heavy atom. The van der Waals surface area contributed by atoms with Gasteiger partial charge >= 0.3 is 0 Å². The maximum atomic E-state index is 9.25. The van der Waals surface area contributed by atoms with Crippen molar-refractivity contribution in [2.24, 2.45) is 10.2 Å². The zero-order chi connectivity index (χ0) is 17.9. The molecule has 5 nitrogen and oxygen atoms in total. The summed E-state index contributed by atoms with van der Waals surface area (Å²) in [5.74, 6) is 0.641. The molecule has 0 unspecified atom stereocenters. The topological polar surface area (TPSA) is 65.8 Å². The van der Waals surface area contributed by atoms with Crippen LogP contribution >= 0.6 is 0 Å². The number of nitriles is 1. The van der Waals surface area contributed by atoms with Crippen LogP contribution in [0.4, 0.5) is 11.5 Å². The van der Waals surface area contributed by atoms with E-state index in [1.807, 2.05) is 72.1 Å². The monoisotopic (exact) mass is 337 g/mol. The first-order valence-electron chi connectivity index (χ1n) is 8.22. The molecule has 0 amide bonds. The van der Waals surface area contributed by atoms with Gasteiger partial charge in [0.05, 0.1) is 5.56 Å². The fourth-order valence-electron chi connectivity index (χ4n) is 2.83. The van der Waals surface area contributed by atoms with E-state index in [0.717, 1.165) is 22.5 Å². The zero-order valence-electron chi connectivity index (χ0n) is 14.2. The normalized spacial score (nSPS) is 11.1. The number of benzene rings is 2. The standard InChI is InChI=1S/C21H15N5/c1-15-8-7-13-26-20(15)23-19(16-9-3-2-4-10-16)21(26)25-24-18-12-6-5-11-17(18)14-22/h2-13H,1H3. The fourth-order valence-corrected chi connectivity index (χ4v) is 2.83. The predicted molar refractivity (Wildman–Crippen MR) is 101 cm³/mol. The lowest BCUT2D eigenvalue weighted by atomic mass is 10.1. The van der Waals surface area contributed by atoms with Crippen molar-refractivity contribution < 1.29 is 0 Å². The minimum atomic E-state index is 0.488. The second kappa shape index (κ2) is 6.61. The molecule has 0 bridgehead atoms. The van der Waals surface area contributed by atoms with Crippen LogP contribution in [0.15, 0.2) is 83.2 Å². The Bertz CT molecular complexity index is 1150. The van der Waals surface area contributed by atoms with E-state index in [2.05, 4.69) is 16.3 Å². The molecule has 0 atom stereocenters. The minimum absolute atomic E-state index is 0.488. The molecule has 2 heterocycles. The Balaban J connectivity index is 1.92. The van der Waals surface area contributed by atoms with Crippen LogP contribution in [0.3, 0.4) is 0 Å². The SMILES string of the molecule is Cc1cccn2c(N=Nc3ccccc3C#N)c(-c3ccccc3)nc12. The molecule has 124 valence electrons. The summed E-state index contributed by atoms with van der Waals surface area (Å²) in [6.45, 7) is 2.02. The van der Waals surface area contributed by atoms with E-state index in [4.69, 9.17) is 4.98 Å². The van der Waals surface area contributed by atoms with Gasteiger partial charge < -0.3 is 0 Å². The maximum Gasteiger partial charge on any atom is 0.187 e. The molecule has 0 saturated heterocycles. The van der Waals surface area contributed by atoms with E-state index >= 15 is 0 Å². The number of hydrogen-bond acceptors (Lipinski definition) is 4. The molecule has 4 rings (SSSR count). The third-order valence-corrected chi connectivity index (χ3v) is 4.14. The molecule has 0 N–H and O–H groups in total. The van der Waals surface area contributed by atoms with Crippen molar-refractivity contribution in [1.82, 2.24) is 9.38 Å². The smallest absolute Gasteiger partial charge is 0.187 e. The van der Waals surface area contributed by atoms with Crippen LogP contribution in [-0.2, 0) is 0 Å². The first-order chi connectivity index (χ1) is 12.8. The van der Waals surface area contributed by atoms with Gasteiger partial charge in [-0.25, -0.2) is 4.98 Å². The quantitative estimate of drug-likeness (QED) is 0.457. The Hall–Kier alpha value is -3.78. The number of aryl methyl sites for hydroxylation is 1. The van der Waals surface area contributed by atoms with Gasteiger partial charge in [-0.15, -0.1) is 10.2 Å². The highest BCUT2D eigenvalue weighted by molar-refractivity contribution is 5.75. The average molecular weight is 337 g/mol. The number of aromatic nitrogens is 2. The molecule has 0 fully saturated rings. The van der Waals surface area contributed by atoms with Crippen molar-refractivity contribution in [3.8, 4) is 17.3 Å². The fraction of sp³-hybridized carbons (Fsp3) is 0.0476. The highest BCUT2D eigenvalue weighted by Crippen LogP contribution is 2.33. The second-order valence-electron chi connectivity index (χ2n) is 5.86. The first-order valence-corrected chi connectivity index (χ1v) is 8.22. The van der Waals surface area contributed by atoms with Crippen LogP contribution in [0.2, 0.25) is 0 Å². The molecule has 0 saturated carbocycles. The summed E-state index contributed by atoms with van der Waals surface area (Å²) in [5, 5.41) is 18.0. The summed E-state index contributed by atoms with van der Waals surface area (Å²) in [7, 11) is 0. The van der Waals surface area contributed by atoms with Crippen molar-refractivity contribution in [3.05, 3.63) is 84.1 Å². The molecule has 4 aromatic rings. The van der Waals surface area contributed by atoms with Crippen molar-refractivity contribution in [2.75, 3.05) is 0 Å². The Kier molecular flexibility index (Phi) is 4.00. The highest BCUT2D eigenvalue weighted by Gasteiger charge is 2.15. The molecule has 2 aromatic heterocycles. The average Bonchev–Trinajstić information content (AvgIpc) is 3.07. The third-order valence-electron chi connectivity index (χ3n) is 4.14. The summed E-state index contributed by atoms with van der Waals surface area (Å²) in [6.07, 6.45) is 1.92. The van der Waals surface area contributed by atoms with Crippen LogP contribution < -0.4 is 0 Å². The van der Waals surface area contributed by atoms with Gasteiger partial charge in [0.2, 0.25) is 0 Å². The Labute approximate surface area is 150 Å². The van der Waals surface area contributed by atoms with Crippen LogP contribution in [0.1, 0.15) is 11.1 Å². The molecule has 0 radical (unpaired) electrons. The largest absolute Gasteiger partial charge is 0.282 e. The van der Waals surface area contributed by atoms with E-state index in [0.29, 0.717) is 17.1 Å². The molecule has 0 aliphatic rings. The van der Waals surface area contributed by atoms with Crippen molar-refractivity contribution in [3.63, 3.8) is 0 Å². The number of pyridine rings is 1. The van der Waals surface area contributed by atoms with Crippen molar-refractivity contribution in [2.45, 2.75) is 6.92 Å². The molecule has 0 aliphatic carbocycles. The Morgan fingerprint density at radius 1 is 0.923 bits per heavy atom. The third kappa shape index (κ3) is 2.74. The molecule has 26 heavy (non-hydrogen) atoms. The van der Waals surface area contributed by atoms with Gasteiger partial charge in [-0.3, -0.25) is 4.40 Å². The van der Waals surface area contributed by atoms with Gasteiger partial charge in [0.1, 0.15) is 23.1 Å². The van der Waals surface area contributed by atoms with Crippen LogP contribution in [0.25, 0.3) is 16.9 Å². The molecule has 0 aliphatic heterocycles. The van der Waals surface area contributed by atoms with Crippen LogP contribution in [-0.4, -0.2) is 9.38 Å². The number of azo groups is 1. The summed E-state index contributed by atoms with van der Waals surface area (Å²) in [5.41, 5.74) is 4.66. The number of rotatable bonds is 3. The van der Waals surface area contributed by atoms with Crippen molar-refractivity contribution >= 4 is 17.2 Å². The van der Waals surface area contributed by atoms with Gasteiger partial charge in [-0.2, -0.15) is 5.26 Å². The van der Waals surface area contributed by atoms with Crippen molar-refractivity contribution in [1.29, 1.82) is 5.26 Å². The lowest BCUT2D eigenvalue weighted by Crippen LogP contribution is -1.85. The number of imidazole rings is 1. The van der Waals surface area contributed by atoms with Crippen LogP contribution in [0.5, 0.6) is 0 Å². The van der Waals surface area contributed by atoms with Gasteiger partial charge in [-0.05, 0) is 30.7 Å². The Morgan fingerprint density at radius 3 is 2.50 bits per heavy atom. The lowest BCUT2D eigenvalue weighted by Gasteiger charge is -2.00. The van der Waals surface area contributed by atoms with Crippen LogP contribution in [0, 0.1) is 18.3 Å². The minimum Gasteiger partial charge on any atom is -0.282 e.